The number of nitrogens with zero attached hydrogens (tertiary/aromatic N) is 1. The minimum atomic E-state index is -0.710. The maximum Gasteiger partial charge on any atom is 0.0963 e. The van der Waals surface area contributed by atoms with Crippen LogP contribution >= 0.6 is 0 Å². The summed E-state index contributed by atoms with van der Waals surface area (Å²) in [4.78, 5) is 4.06. The molecule has 1 aliphatic rings. The van der Waals surface area contributed by atoms with Crippen molar-refractivity contribution >= 4 is 0 Å². The van der Waals surface area contributed by atoms with Gasteiger partial charge in [0, 0.05) is 37.4 Å². The molecule has 1 N–H and O–H groups in total. The SMILES string of the molecule is CCOC1CC(O)(c2cnccc2C)C1. The molecular formula is C12H17NO2. The minimum Gasteiger partial charge on any atom is -0.385 e. The molecule has 2 rings (SSSR count). The lowest BCUT2D eigenvalue weighted by atomic mass is 9.72. The normalized spacial score (nSPS) is 29.9. The predicted molar refractivity (Wildman–Crippen MR) is 57.5 cm³/mol. The van der Waals surface area contributed by atoms with Gasteiger partial charge in [0.1, 0.15) is 0 Å². The summed E-state index contributed by atoms with van der Waals surface area (Å²) in [6.45, 7) is 4.70. The van der Waals surface area contributed by atoms with E-state index in [9.17, 15) is 5.11 Å². The van der Waals surface area contributed by atoms with Crippen molar-refractivity contribution in [1.82, 2.24) is 4.98 Å². The number of pyridine rings is 1. The fraction of sp³-hybridized carbons (Fsp3) is 0.583. The van der Waals surface area contributed by atoms with Gasteiger partial charge in [-0.3, -0.25) is 4.98 Å². The van der Waals surface area contributed by atoms with E-state index in [-0.39, 0.29) is 6.10 Å². The minimum absolute atomic E-state index is 0.208. The molecule has 1 aromatic heterocycles. The van der Waals surface area contributed by atoms with E-state index in [1.54, 1.807) is 12.4 Å². The summed E-state index contributed by atoms with van der Waals surface area (Å²) in [7, 11) is 0. The molecule has 0 unspecified atom stereocenters. The van der Waals surface area contributed by atoms with E-state index in [1.807, 2.05) is 19.9 Å². The van der Waals surface area contributed by atoms with Crippen LogP contribution in [0.15, 0.2) is 18.5 Å². The largest absolute Gasteiger partial charge is 0.385 e. The molecule has 1 heterocycles. The first-order valence-corrected chi connectivity index (χ1v) is 5.41. The summed E-state index contributed by atoms with van der Waals surface area (Å²) in [6.07, 6.45) is 5.10. The average Bonchev–Trinajstić information content (AvgIpc) is 2.16. The van der Waals surface area contributed by atoms with Crippen molar-refractivity contribution in [2.45, 2.75) is 38.4 Å². The molecule has 0 saturated heterocycles. The number of hydrogen-bond donors (Lipinski definition) is 1. The highest BCUT2D eigenvalue weighted by atomic mass is 16.5. The van der Waals surface area contributed by atoms with Crippen LogP contribution in [-0.2, 0) is 10.3 Å². The topological polar surface area (TPSA) is 42.4 Å². The molecule has 15 heavy (non-hydrogen) atoms. The summed E-state index contributed by atoms with van der Waals surface area (Å²) < 4.78 is 5.45. The zero-order valence-corrected chi connectivity index (χ0v) is 9.23. The van der Waals surface area contributed by atoms with Crippen LogP contribution in [0.25, 0.3) is 0 Å². The van der Waals surface area contributed by atoms with Crippen LogP contribution in [0.5, 0.6) is 0 Å². The third kappa shape index (κ3) is 1.90. The second-order valence-electron chi connectivity index (χ2n) is 4.21. The summed E-state index contributed by atoms with van der Waals surface area (Å²) >= 11 is 0. The van der Waals surface area contributed by atoms with E-state index < -0.39 is 5.60 Å². The monoisotopic (exact) mass is 207 g/mol. The highest BCUT2D eigenvalue weighted by molar-refractivity contribution is 5.30. The van der Waals surface area contributed by atoms with Crippen LogP contribution in [0.3, 0.4) is 0 Å². The Morgan fingerprint density at radius 2 is 2.33 bits per heavy atom. The van der Waals surface area contributed by atoms with Crippen LogP contribution < -0.4 is 0 Å². The molecule has 0 spiro atoms. The Labute approximate surface area is 90.1 Å². The lowest BCUT2D eigenvalue weighted by Gasteiger charge is -2.43. The van der Waals surface area contributed by atoms with Crippen molar-refractivity contribution in [2.24, 2.45) is 0 Å². The van der Waals surface area contributed by atoms with Crippen LogP contribution in [0.1, 0.15) is 30.9 Å². The Kier molecular flexibility index (Phi) is 2.76. The zero-order valence-electron chi connectivity index (χ0n) is 9.23. The Balaban J connectivity index is 2.10. The van der Waals surface area contributed by atoms with Gasteiger partial charge in [-0.25, -0.2) is 0 Å². The summed E-state index contributed by atoms with van der Waals surface area (Å²) in [5.74, 6) is 0. The van der Waals surface area contributed by atoms with Crippen molar-refractivity contribution in [3.05, 3.63) is 29.6 Å². The Morgan fingerprint density at radius 1 is 1.60 bits per heavy atom. The summed E-state index contributed by atoms with van der Waals surface area (Å²) in [5, 5.41) is 10.3. The number of hydrogen-bond acceptors (Lipinski definition) is 3. The van der Waals surface area contributed by atoms with Crippen molar-refractivity contribution in [3.63, 3.8) is 0 Å². The van der Waals surface area contributed by atoms with E-state index >= 15 is 0 Å². The van der Waals surface area contributed by atoms with Gasteiger partial charge in [-0.1, -0.05) is 0 Å². The maximum absolute atomic E-state index is 10.3. The zero-order chi connectivity index (χ0) is 10.9. The smallest absolute Gasteiger partial charge is 0.0963 e. The molecular weight excluding hydrogens is 190 g/mol. The number of aryl methyl sites for hydroxylation is 1. The van der Waals surface area contributed by atoms with Gasteiger partial charge in [-0.05, 0) is 25.5 Å². The van der Waals surface area contributed by atoms with E-state index in [2.05, 4.69) is 4.98 Å². The van der Waals surface area contributed by atoms with E-state index in [0.29, 0.717) is 19.4 Å². The lowest BCUT2D eigenvalue weighted by Crippen LogP contribution is -2.46. The molecule has 0 aromatic carbocycles. The van der Waals surface area contributed by atoms with E-state index in [4.69, 9.17) is 4.74 Å². The molecule has 0 atom stereocenters. The number of rotatable bonds is 3. The molecule has 1 saturated carbocycles. The van der Waals surface area contributed by atoms with Crippen LogP contribution in [0.4, 0.5) is 0 Å². The number of aromatic nitrogens is 1. The summed E-state index contributed by atoms with van der Waals surface area (Å²) in [5.41, 5.74) is 1.33. The third-order valence-corrected chi connectivity index (χ3v) is 3.07. The highest BCUT2D eigenvalue weighted by Crippen LogP contribution is 2.43. The van der Waals surface area contributed by atoms with Gasteiger partial charge in [-0.2, -0.15) is 0 Å². The van der Waals surface area contributed by atoms with Gasteiger partial charge < -0.3 is 9.84 Å². The van der Waals surface area contributed by atoms with Gasteiger partial charge in [0.15, 0.2) is 0 Å². The van der Waals surface area contributed by atoms with E-state index in [0.717, 1.165) is 11.1 Å². The lowest BCUT2D eigenvalue weighted by molar-refractivity contribution is -0.143. The molecule has 0 bridgehead atoms. The number of aliphatic hydroxyl groups is 1. The van der Waals surface area contributed by atoms with Crippen LogP contribution in [0.2, 0.25) is 0 Å². The molecule has 1 aromatic rings. The predicted octanol–water partition coefficient (Wildman–Crippen LogP) is 1.78. The maximum atomic E-state index is 10.3. The molecule has 82 valence electrons. The molecule has 1 aliphatic carbocycles. The second kappa shape index (κ2) is 3.91. The molecule has 3 nitrogen and oxygen atoms in total. The van der Waals surface area contributed by atoms with Crippen molar-refractivity contribution in [3.8, 4) is 0 Å². The molecule has 3 heteroatoms. The Morgan fingerprint density at radius 3 is 2.93 bits per heavy atom. The van der Waals surface area contributed by atoms with Gasteiger partial charge in [0.2, 0.25) is 0 Å². The van der Waals surface area contributed by atoms with Crippen molar-refractivity contribution < 1.29 is 9.84 Å². The molecule has 0 aliphatic heterocycles. The molecule has 1 fully saturated rings. The first-order valence-electron chi connectivity index (χ1n) is 5.41. The first kappa shape index (κ1) is 10.6. The second-order valence-corrected chi connectivity index (χ2v) is 4.21. The van der Waals surface area contributed by atoms with Crippen molar-refractivity contribution in [2.75, 3.05) is 6.61 Å². The van der Waals surface area contributed by atoms with Gasteiger partial charge in [0.25, 0.3) is 0 Å². The first-order chi connectivity index (χ1) is 7.15. The van der Waals surface area contributed by atoms with Gasteiger partial charge >= 0.3 is 0 Å². The fourth-order valence-electron chi connectivity index (χ4n) is 2.22. The quantitative estimate of drug-likeness (QED) is 0.821. The Hall–Kier alpha value is -0.930. The molecule has 0 radical (unpaired) electrons. The van der Waals surface area contributed by atoms with Crippen LogP contribution in [0, 0.1) is 6.92 Å². The average molecular weight is 207 g/mol. The fourth-order valence-corrected chi connectivity index (χ4v) is 2.22. The highest BCUT2D eigenvalue weighted by Gasteiger charge is 2.45. The summed E-state index contributed by atoms with van der Waals surface area (Å²) in [6, 6.07) is 1.93. The van der Waals surface area contributed by atoms with E-state index in [1.165, 1.54) is 0 Å². The van der Waals surface area contributed by atoms with Crippen molar-refractivity contribution in [1.29, 1.82) is 0 Å². The van der Waals surface area contributed by atoms with Gasteiger partial charge in [-0.15, -0.1) is 0 Å². The third-order valence-electron chi connectivity index (χ3n) is 3.07. The number of ether oxygens (including phenoxy) is 1. The Bertz CT molecular complexity index is 345. The van der Waals surface area contributed by atoms with Crippen LogP contribution in [-0.4, -0.2) is 22.8 Å². The standard InChI is InChI=1S/C12H17NO2/c1-3-15-10-6-12(14,7-10)11-8-13-5-4-9(11)2/h4-5,8,10,14H,3,6-7H2,1-2H3. The molecule has 0 amide bonds. The van der Waals surface area contributed by atoms with Gasteiger partial charge in [0.05, 0.1) is 11.7 Å².